The molecule has 0 atom stereocenters. The minimum atomic E-state index is -0.339. The van der Waals surface area contributed by atoms with Gasteiger partial charge in [0.1, 0.15) is 4.70 Å². The molecular formula is C17H14N4O3S. The second kappa shape index (κ2) is 6.14. The Balaban J connectivity index is 1.62. The van der Waals surface area contributed by atoms with Gasteiger partial charge in [-0.05, 0) is 17.0 Å². The van der Waals surface area contributed by atoms with Gasteiger partial charge in [0.15, 0.2) is 12.4 Å². The first-order valence-electron chi connectivity index (χ1n) is 7.65. The van der Waals surface area contributed by atoms with Crippen molar-refractivity contribution in [3.05, 3.63) is 63.5 Å². The van der Waals surface area contributed by atoms with Crippen molar-refractivity contribution in [3.63, 3.8) is 0 Å². The van der Waals surface area contributed by atoms with Crippen LogP contribution in [0.5, 0.6) is 0 Å². The standard InChI is InChI=1S/C17H14N4O3S/c1-20-16(23)15-12(7-8-25-15)21-13(18-19-17(20)21)10-24-14(22)9-11-5-3-2-4-6-11/h2-8H,9-10H2,1H3. The van der Waals surface area contributed by atoms with E-state index in [0.717, 1.165) is 11.1 Å². The summed E-state index contributed by atoms with van der Waals surface area (Å²) >= 11 is 1.36. The zero-order chi connectivity index (χ0) is 17.4. The summed E-state index contributed by atoms with van der Waals surface area (Å²) in [4.78, 5) is 24.3. The second-order valence-electron chi connectivity index (χ2n) is 5.57. The maximum atomic E-state index is 12.3. The largest absolute Gasteiger partial charge is 0.457 e. The number of benzene rings is 1. The highest BCUT2D eigenvalue weighted by atomic mass is 32.1. The molecule has 0 aliphatic rings. The fourth-order valence-corrected chi connectivity index (χ4v) is 3.56. The van der Waals surface area contributed by atoms with Crippen LogP contribution in [-0.4, -0.2) is 25.1 Å². The number of rotatable bonds is 4. The summed E-state index contributed by atoms with van der Waals surface area (Å²) in [5.41, 5.74) is 1.50. The van der Waals surface area contributed by atoms with Crippen LogP contribution in [0.1, 0.15) is 11.4 Å². The maximum absolute atomic E-state index is 12.3. The Labute approximate surface area is 146 Å². The second-order valence-corrected chi connectivity index (χ2v) is 6.49. The summed E-state index contributed by atoms with van der Waals surface area (Å²) in [7, 11) is 1.65. The van der Waals surface area contributed by atoms with Gasteiger partial charge in [-0.2, -0.15) is 0 Å². The van der Waals surface area contributed by atoms with Crippen molar-refractivity contribution >= 4 is 33.3 Å². The lowest BCUT2D eigenvalue weighted by atomic mass is 10.2. The Morgan fingerprint density at radius 3 is 2.80 bits per heavy atom. The Bertz CT molecular complexity index is 1130. The van der Waals surface area contributed by atoms with Crippen LogP contribution in [0, 0.1) is 0 Å². The van der Waals surface area contributed by atoms with Gasteiger partial charge in [-0.15, -0.1) is 21.5 Å². The fraction of sp³-hybridized carbons (Fsp3) is 0.176. The number of hydrogen-bond donors (Lipinski definition) is 0. The number of carbonyl (C=O) groups is 1. The third-order valence-corrected chi connectivity index (χ3v) is 4.84. The molecule has 126 valence electrons. The van der Waals surface area contributed by atoms with Crippen molar-refractivity contribution in [2.75, 3.05) is 0 Å². The Morgan fingerprint density at radius 2 is 2.00 bits per heavy atom. The van der Waals surface area contributed by atoms with Gasteiger partial charge in [0.05, 0.1) is 11.9 Å². The van der Waals surface area contributed by atoms with Crippen LogP contribution < -0.4 is 5.56 Å². The lowest BCUT2D eigenvalue weighted by Gasteiger charge is -2.06. The summed E-state index contributed by atoms with van der Waals surface area (Å²) in [5.74, 6) is 0.565. The van der Waals surface area contributed by atoms with E-state index < -0.39 is 0 Å². The van der Waals surface area contributed by atoms with E-state index in [9.17, 15) is 9.59 Å². The molecule has 0 unspecified atom stereocenters. The zero-order valence-corrected chi connectivity index (χ0v) is 14.2. The van der Waals surface area contributed by atoms with Crippen molar-refractivity contribution in [1.82, 2.24) is 19.2 Å². The molecular weight excluding hydrogens is 340 g/mol. The van der Waals surface area contributed by atoms with Crippen molar-refractivity contribution in [1.29, 1.82) is 0 Å². The molecule has 0 N–H and O–H groups in total. The highest BCUT2D eigenvalue weighted by Gasteiger charge is 2.16. The van der Waals surface area contributed by atoms with Crippen molar-refractivity contribution in [2.45, 2.75) is 13.0 Å². The van der Waals surface area contributed by atoms with E-state index in [1.807, 2.05) is 41.8 Å². The molecule has 1 aromatic carbocycles. The fourth-order valence-electron chi connectivity index (χ4n) is 2.70. The molecule has 0 radical (unpaired) electrons. The SMILES string of the molecule is Cn1c(=O)c2sccc2n2c(COC(=O)Cc3ccccc3)nnc12. The predicted octanol–water partition coefficient (Wildman–Crippen LogP) is 1.93. The smallest absolute Gasteiger partial charge is 0.310 e. The average Bonchev–Trinajstić information content (AvgIpc) is 3.25. The van der Waals surface area contributed by atoms with Gasteiger partial charge in [0.25, 0.3) is 5.56 Å². The summed E-state index contributed by atoms with van der Waals surface area (Å²) in [6.45, 7) is -0.00398. The topological polar surface area (TPSA) is 78.5 Å². The van der Waals surface area contributed by atoms with Gasteiger partial charge >= 0.3 is 5.97 Å². The van der Waals surface area contributed by atoms with Gasteiger partial charge in [-0.3, -0.25) is 18.6 Å². The molecule has 3 heterocycles. The Hall–Kier alpha value is -3.00. The van der Waals surface area contributed by atoms with Crippen LogP contribution in [0.3, 0.4) is 0 Å². The Morgan fingerprint density at radius 1 is 1.20 bits per heavy atom. The van der Waals surface area contributed by atoms with Gasteiger partial charge in [0, 0.05) is 7.05 Å². The predicted molar refractivity (Wildman–Crippen MR) is 93.6 cm³/mol. The molecule has 7 nitrogen and oxygen atoms in total. The number of thiophene rings is 1. The molecule has 0 amide bonds. The summed E-state index contributed by atoms with van der Waals surface area (Å²) in [6, 6.07) is 11.2. The molecule has 0 saturated carbocycles. The van der Waals surface area contributed by atoms with Crippen molar-refractivity contribution < 1.29 is 9.53 Å². The lowest BCUT2D eigenvalue weighted by Crippen LogP contribution is -2.19. The third kappa shape index (κ3) is 2.70. The van der Waals surface area contributed by atoms with E-state index in [2.05, 4.69) is 10.2 Å². The number of aryl methyl sites for hydroxylation is 1. The number of carbonyl (C=O) groups excluding carboxylic acids is 1. The summed E-state index contributed by atoms with van der Waals surface area (Å²) < 4.78 is 9.16. The molecule has 4 rings (SSSR count). The van der Waals surface area contributed by atoms with Gasteiger partial charge in [-0.1, -0.05) is 30.3 Å². The molecule has 3 aromatic heterocycles. The van der Waals surface area contributed by atoms with Gasteiger partial charge in [-0.25, -0.2) is 0 Å². The molecule has 0 aliphatic carbocycles. The lowest BCUT2D eigenvalue weighted by molar-refractivity contribution is -0.144. The van der Waals surface area contributed by atoms with E-state index in [0.29, 0.717) is 16.3 Å². The van der Waals surface area contributed by atoms with Crippen LogP contribution in [0.25, 0.3) is 16.0 Å². The van der Waals surface area contributed by atoms with Crippen LogP contribution in [0.4, 0.5) is 0 Å². The summed E-state index contributed by atoms with van der Waals surface area (Å²) in [6.07, 6.45) is 0.198. The van der Waals surface area contributed by atoms with E-state index in [-0.39, 0.29) is 24.6 Å². The number of nitrogens with zero attached hydrogens (tertiary/aromatic N) is 4. The quantitative estimate of drug-likeness (QED) is 0.523. The minimum absolute atomic E-state index is 0.00398. The monoisotopic (exact) mass is 354 g/mol. The average molecular weight is 354 g/mol. The number of hydrogen-bond acceptors (Lipinski definition) is 6. The van der Waals surface area contributed by atoms with Crippen molar-refractivity contribution in [2.24, 2.45) is 7.05 Å². The van der Waals surface area contributed by atoms with E-state index >= 15 is 0 Å². The van der Waals surface area contributed by atoms with E-state index in [1.165, 1.54) is 15.9 Å². The number of ether oxygens (including phenoxy) is 1. The molecule has 0 spiro atoms. The van der Waals surface area contributed by atoms with Crippen LogP contribution >= 0.6 is 11.3 Å². The molecule has 0 saturated heterocycles. The third-order valence-electron chi connectivity index (χ3n) is 3.95. The van der Waals surface area contributed by atoms with Crippen LogP contribution in [0.2, 0.25) is 0 Å². The van der Waals surface area contributed by atoms with Crippen LogP contribution in [-0.2, 0) is 29.6 Å². The highest BCUT2D eigenvalue weighted by molar-refractivity contribution is 7.17. The summed E-state index contributed by atoms with van der Waals surface area (Å²) in [5, 5.41) is 9.99. The molecule has 25 heavy (non-hydrogen) atoms. The first-order chi connectivity index (χ1) is 12.1. The molecule has 8 heteroatoms. The van der Waals surface area contributed by atoms with Crippen molar-refractivity contribution in [3.8, 4) is 0 Å². The minimum Gasteiger partial charge on any atom is -0.457 e. The number of esters is 1. The maximum Gasteiger partial charge on any atom is 0.310 e. The molecule has 4 aromatic rings. The molecule has 0 fully saturated rings. The van der Waals surface area contributed by atoms with E-state index in [4.69, 9.17) is 4.74 Å². The molecule has 0 bridgehead atoms. The number of fused-ring (bicyclic) bond motifs is 3. The van der Waals surface area contributed by atoms with E-state index in [1.54, 1.807) is 11.4 Å². The normalized spacial score (nSPS) is 11.2. The zero-order valence-electron chi connectivity index (χ0n) is 13.4. The first kappa shape index (κ1) is 15.5. The van der Waals surface area contributed by atoms with Crippen LogP contribution in [0.15, 0.2) is 46.6 Å². The van der Waals surface area contributed by atoms with Gasteiger partial charge < -0.3 is 4.74 Å². The number of aromatic nitrogens is 4. The highest BCUT2D eigenvalue weighted by Crippen LogP contribution is 2.19. The first-order valence-corrected chi connectivity index (χ1v) is 8.53. The van der Waals surface area contributed by atoms with Gasteiger partial charge in [0.2, 0.25) is 5.78 Å². The molecule has 0 aliphatic heterocycles. The Kier molecular flexibility index (Phi) is 3.81.